The number of aliphatic hydroxyl groups is 1. The molecule has 1 aromatic heterocycles. The Morgan fingerprint density at radius 1 is 1.28 bits per heavy atom. The summed E-state index contributed by atoms with van der Waals surface area (Å²) >= 11 is 5.90. The van der Waals surface area contributed by atoms with E-state index in [1.165, 1.54) is 18.5 Å². The minimum atomic E-state index is -0.481. The summed E-state index contributed by atoms with van der Waals surface area (Å²) < 4.78 is 25.0. The van der Waals surface area contributed by atoms with Gasteiger partial charge >= 0.3 is 0 Å². The lowest BCUT2D eigenvalue weighted by Gasteiger charge is -2.19. The molecule has 0 spiro atoms. The van der Waals surface area contributed by atoms with Crippen LogP contribution in [0.2, 0.25) is 5.02 Å². The fourth-order valence-electron chi connectivity index (χ4n) is 4.35. The standard InChI is InChI=1S/C23H24ClFN4O3/c1-31-20-9-19-16(22(27-13-26-19)28-15-3-4-18(25)17(24)7-15)8-21(20)32-6-2-5-29-11-14-10-23(14,30)12-29/h3-4,7-9,13-14,30H,2,5-6,10-12H2,1H3,(H,26,27,28)/t14-,23-/m0/s1. The quantitative estimate of drug-likeness (QED) is 0.494. The summed E-state index contributed by atoms with van der Waals surface area (Å²) in [5.74, 6) is 1.70. The van der Waals surface area contributed by atoms with E-state index in [9.17, 15) is 9.50 Å². The van der Waals surface area contributed by atoms with Crippen molar-refractivity contribution < 1.29 is 19.0 Å². The molecule has 0 radical (unpaired) electrons. The van der Waals surface area contributed by atoms with Gasteiger partial charge in [-0.3, -0.25) is 4.90 Å². The van der Waals surface area contributed by atoms with Crippen LogP contribution in [0.1, 0.15) is 12.8 Å². The van der Waals surface area contributed by atoms with Crippen LogP contribution >= 0.6 is 11.6 Å². The molecule has 0 bridgehead atoms. The molecule has 1 aliphatic carbocycles. The first-order valence-corrected chi connectivity index (χ1v) is 11.0. The van der Waals surface area contributed by atoms with Crippen LogP contribution in [-0.4, -0.2) is 58.9 Å². The number of fused-ring (bicyclic) bond motifs is 2. The molecule has 2 atom stereocenters. The van der Waals surface area contributed by atoms with Crippen LogP contribution in [0, 0.1) is 11.7 Å². The molecule has 7 nitrogen and oxygen atoms in total. The Balaban J connectivity index is 1.30. The van der Waals surface area contributed by atoms with Gasteiger partial charge in [0.05, 0.1) is 29.9 Å². The number of rotatable bonds is 8. The average molecular weight is 459 g/mol. The van der Waals surface area contributed by atoms with Gasteiger partial charge < -0.3 is 19.9 Å². The number of hydrogen-bond acceptors (Lipinski definition) is 7. The highest BCUT2D eigenvalue weighted by molar-refractivity contribution is 6.31. The maximum atomic E-state index is 13.5. The number of benzene rings is 2. The Morgan fingerprint density at radius 2 is 2.16 bits per heavy atom. The molecule has 168 valence electrons. The molecule has 5 rings (SSSR count). The van der Waals surface area contributed by atoms with Crippen molar-refractivity contribution in [3.8, 4) is 11.5 Å². The molecule has 0 unspecified atom stereocenters. The number of hydrogen-bond donors (Lipinski definition) is 2. The molecule has 2 heterocycles. The van der Waals surface area contributed by atoms with Crippen molar-refractivity contribution in [1.29, 1.82) is 0 Å². The van der Waals surface area contributed by atoms with Crippen molar-refractivity contribution in [3.05, 3.63) is 47.5 Å². The number of aromatic nitrogens is 2. The molecule has 0 amide bonds. The molecule has 3 aromatic rings. The molecule has 9 heteroatoms. The summed E-state index contributed by atoms with van der Waals surface area (Å²) in [6.45, 7) is 3.13. The smallest absolute Gasteiger partial charge is 0.162 e. The number of nitrogens with one attached hydrogen (secondary N) is 1. The zero-order valence-electron chi connectivity index (χ0n) is 17.6. The number of nitrogens with zero attached hydrogens (tertiary/aromatic N) is 3. The second-order valence-electron chi connectivity index (χ2n) is 8.44. The van der Waals surface area contributed by atoms with Crippen LogP contribution in [0.15, 0.2) is 36.7 Å². The average Bonchev–Trinajstić information content (AvgIpc) is 3.30. The minimum absolute atomic E-state index is 0.0291. The van der Waals surface area contributed by atoms with Gasteiger partial charge in [0.25, 0.3) is 0 Å². The first kappa shape index (κ1) is 21.2. The third kappa shape index (κ3) is 4.18. The highest BCUT2D eigenvalue weighted by atomic mass is 35.5. The van der Waals surface area contributed by atoms with Gasteiger partial charge in [-0.05, 0) is 37.1 Å². The Kier molecular flexibility index (Phi) is 5.53. The Hall–Kier alpha value is -2.68. The van der Waals surface area contributed by atoms with Crippen molar-refractivity contribution in [2.24, 2.45) is 5.92 Å². The molecule has 1 saturated heterocycles. The predicted octanol–water partition coefficient (Wildman–Crippen LogP) is 4.01. The van der Waals surface area contributed by atoms with E-state index in [2.05, 4.69) is 20.2 Å². The molecule has 2 aromatic carbocycles. The first-order valence-electron chi connectivity index (χ1n) is 10.6. The molecule has 1 aliphatic heterocycles. The summed E-state index contributed by atoms with van der Waals surface area (Å²) in [6, 6.07) is 8.04. The zero-order chi connectivity index (χ0) is 22.3. The monoisotopic (exact) mass is 458 g/mol. The van der Waals surface area contributed by atoms with Gasteiger partial charge in [-0.15, -0.1) is 0 Å². The Morgan fingerprint density at radius 3 is 2.91 bits per heavy atom. The van der Waals surface area contributed by atoms with Crippen LogP contribution in [-0.2, 0) is 0 Å². The highest BCUT2D eigenvalue weighted by Gasteiger charge is 2.58. The van der Waals surface area contributed by atoms with Gasteiger partial charge in [-0.1, -0.05) is 11.6 Å². The van der Waals surface area contributed by atoms with E-state index in [1.807, 2.05) is 6.07 Å². The highest BCUT2D eigenvalue weighted by Crippen LogP contribution is 2.49. The fraction of sp³-hybridized carbons (Fsp3) is 0.391. The number of anilines is 2. The lowest BCUT2D eigenvalue weighted by atomic mass is 10.2. The van der Waals surface area contributed by atoms with Gasteiger partial charge in [-0.2, -0.15) is 0 Å². The van der Waals surface area contributed by atoms with Gasteiger partial charge in [0.1, 0.15) is 18.0 Å². The summed E-state index contributed by atoms with van der Waals surface area (Å²) in [5, 5.41) is 14.1. The van der Waals surface area contributed by atoms with E-state index in [4.69, 9.17) is 21.1 Å². The van der Waals surface area contributed by atoms with E-state index in [0.717, 1.165) is 37.9 Å². The summed E-state index contributed by atoms with van der Waals surface area (Å²) in [6.07, 6.45) is 3.23. The summed E-state index contributed by atoms with van der Waals surface area (Å²) in [5.41, 5.74) is 0.866. The van der Waals surface area contributed by atoms with E-state index >= 15 is 0 Å². The van der Waals surface area contributed by atoms with Crippen molar-refractivity contribution >= 4 is 34.0 Å². The van der Waals surface area contributed by atoms with Crippen molar-refractivity contribution in [2.75, 3.05) is 38.7 Å². The van der Waals surface area contributed by atoms with E-state index in [1.54, 1.807) is 19.2 Å². The number of halogens is 2. The third-order valence-corrected chi connectivity index (χ3v) is 6.44. The number of ether oxygens (including phenoxy) is 2. The SMILES string of the molecule is COc1cc2ncnc(Nc3ccc(F)c(Cl)c3)c2cc1OCCCN1C[C@@H]2C[C@]2(O)C1. The van der Waals surface area contributed by atoms with Crippen LogP contribution < -0.4 is 14.8 Å². The molecule has 2 fully saturated rings. The molecule has 2 aliphatic rings. The molecular formula is C23H24ClFN4O3. The zero-order valence-corrected chi connectivity index (χ0v) is 18.4. The van der Waals surface area contributed by atoms with Crippen LogP contribution in [0.25, 0.3) is 10.9 Å². The van der Waals surface area contributed by atoms with Crippen LogP contribution in [0.5, 0.6) is 11.5 Å². The third-order valence-electron chi connectivity index (χ3n) is 6.15. The van der Waals surface area contributed by atoms with Gasteiger partial charge in [-0.25, -0.2) is 14.4 Å². The fourth-order valence-corrected chi connectivity index (χ4v) is 4.53. The van der Waals surface area contributed by atoms with Gasteiger partial charge in [0.15, 0.2) is 11.5 Å². The van der Waals surface area contributed by atoms with Crippen molar-refractivity contribution in [1.82, 2.24) is 14.9 Å². The lowest BCUT2D eigenvalue weighted by molar-refractivity contribution is 0.125. The van der Waals surface area contributed by atoms with E-state index in [0.29, 0.717) is 41.0 Å². The number of β-amino-alcohol motifs (C(OH)–C–C–N with tert-alkyl or cyclic N) is 1. The largest absolute Gasteiger partial charge is 0.493 e. The minimum Gasteiger partial charge on any atom is -0.493 e. The number of methoxy groups -OCH3 is 1. The normalized spacial score (nSPS) is 22.1. The number of piperidine rings is 1. The maximum absolute atomic E-state index is 13.5. The number of likely N-dealkylation sites (tertiary alicyclic amines) is 1. The second-order valence-corrected chi connectivity index (χ2v) is 8.85. The Bertz CT molecular complexity index is 1160. The molecule has 1 saturated carbocycles. The molecule has 2 N–H and O–H groups in total. The topological polar surface area (TPSA) is 79.7 Å². The predicted molar refractivity (Wildman–Crippen MR) is 120 cm³/mol. The Labute approximate surface area is 190 Å². The maximum Gasteiger partial charge on any atom is 0.162 e. The molecular weight excluding hydrogens is 435 g/mol. The van der Waals surface area contributed by atoms with Crippen molar-refractivity contribution in [2.45, 2.75) is 18.4 Å². The summed E-state index contributed by atoms with van der Waals surface area (Å²) in [7, 11) is 1.59. The van der Waals surface area contributed by atoms with Gasteiger partial charge in [0.2, 0.25) is 0 Å². The van der Waals surface area contributed by atoms with Crippen LogP contribution in [0.3, 0.4) is 0 Å². The van der Waals surface area contributed by atoms with E-state index in [-0.39, 0.29) is 5.02 Å². The van der Waals surface area contributed by atoms with Gasteiger partial charge in [0, 0.05) is 42.7 Å². The molecule has 32 heavy (non-hydrogen) atoms. The van der Waals surface area contributed by atoms with Crippen molar-refractivity contribution in [3.63, 3.8) is 0 Å². The second kappa shape index (κ2) is 8.35. The van der Waals surface area contributed by atoms with E-state index < -0.39 is 11.4 Å². The summed E-state index contributed by atoms with van der Waals surface area (Å²) in [4.78, 5) is 11.0. The first-order chi connectivity index (χ1) is 15.4. The van der Waals surface area contributed by atoms with Crippen LogP contribution in [0.4, 0.5) is 15.9 Å². The lowest BCUT2D eigenvalue weighted by Crippen LogP contribution is -2.29.